The van der Waals surface area contributed by atoms with Gasteiger partial charge in [0.05, 0.1) is 0 Å². The zero-order valence-electron chi connectivity index (χ0n) is 13.9. The fourth-order valence-corrected chi connectivity index (χ4v) is 3.31. The Morgan fingerprint density at radius 3 is 2.88 bits per heavy atom. The summed E-state index contributed by atoms with van der Waals surface area (Å²) < 4.78 is 6.52. The lowest BCUT2D eigenvalue weighted by atomic mass is 10.0. The first-order valence-electron chi connectivity index (χ1n) is 8.58. The molecule has 2 heterocycles. The largest absolute Gasteiger partial charge is 0.337 e. The third-order valence-electron chi connectivity index (χ3n) is 4.40. The number of piperidine rings is 1. The topological polar surface area (TPSA) is 59.2 Å². The van der Waals surface area contributed by atoms with Crippen LogP contribution in [0.2, 0.25) is 0 Å². The summed E-state index contributed by atoms with van der Waals surface area (Å²) in [7, 11) is 0. The number of carbonyl (C=O) groups excluding carboxylic acids is 1. The molecule has 0 radical (unpaired) electrons. The van der Waals surface area contributed by atoms with Crippen LogP contribution in [0.25, 0.3) is 11.4 Å². The number of hydrogen-bond acceptors (Lipinski definition) is 4. The molecule has 1 aliphatic rings. The molecule has 0 bridgehead atoms. The van der Waals surface area contributed by atoms with Crippen LogP contribution in [0.1, 0.15) is 57.4 Å². The Balaban J connectivity index is 1.78. The molecule has 3 rings (SSSR count). The molecule has 0 spiro atoms. The van der Waals surface area contributed by atoms with Crippen molar-refractivity contribution >= 4 is 21.8 Å². The van der Waals surface area contributed by atoms with E-state index >= 15 is 0 Å². The van der Waals surface area contributed by atoms with Gasteiger partial charge in [-0.1, -0.05) is 34.4 Å². The number of nitrogens with zero attached hydrogens (tertiary/aromatic N) is 3. The first-order chi connectivity index (χ1) is 11.7. The number of carbonyl (C=O) groups is 1. The fraction of sp³-hybridized carbons (Fsp3) is 0.500. The van der Waals surface area contributed by atoms with E-state index in [1.807, 2.05) is 29.2 Å². The first kappa shape index (κ1) is 17.1. The SMILES string of the molecule is CCCCC(=O)N1CCCCC1c1nc(-c2ccc(Br)cc2)no1. The Morgan fingerprint density at radius 2 is 2.12 bits per heavy atom. The Kier molecular flexibility index (Phi) is 5.66. The predicted molar refractivity (Wildman–Crippen MR) is 95.3 cm³/mol. The van der Waals surface area contributed by atoms with Crippen molar-refractivity contribution < 1.29 is 9.32 Å². The zero-order valence-corrected chi connectivity index (χ0v) is 15.5. The minimum Gasteiger partial charge on any atom is -0.337 e. The van der Waals surface area contributed by atoms with Crippen molar-refractivity contribution in [2.24, 2.45) is 0 Å². The van der Waals surface area contributed by atoms with Crippen LogP contribution in [-0.4, -0.2) is 27.5 Å². The van der Waals surface area contributed by atoms with Gasteiger partial charge in [-0.2, -0.15) is 4.98 Å². The Morgan fingerprint density at radius 1 is 1.33 bits per heavy atom. The van der Waals surface area contributed by atoms with Crippen LogP contribution >= 0.6 is 15.9 Å². The number of rotatable bonds is 5. The van der Waals surface area contributed by atoms with E-state index in [1.54, 1.807) is 0 Å². The molecule has 1 aromatic heterocycles. The highest BCUT2D eigenvalue weighted by Gasteiger charge is 2.31. The molecule has 1 fully saturated rings. The van der Waals surface area contributed by atoms with Crippen molar-refractivity contribution in [1.29, 1.82) is 0 Å². The number of benzene rings is 1. The molecule has 5 nitrogen and oxygen atoms in total. The second-order valence-electron chi connectivity index (χ2n) is 6.17. The fourth-order valence-electron chi connectivity index (χ4n) is 3.05. The molecule has 1 saturated heterocycles. The Hall–Kier alpha value is -1.69. The van der Waals surface area contributed by atoms with Gasteiger partial charge in [0.15, 0.2) is 0 Å². The molecule has 6 heteroatoms. The van der Waals surface area contributed by atoms with Gasteiger partial charge in [0.25, 0.3) is 0 Å². The molecule has 2 aromatic rings. The van der Waals surface area contributed by atoms with Crippen molar-refractivity contribution in [2.45, 2.75) is 51.5 Å². The molecule has 24 heavy (non-hydrogen) atoms. The van der Waals surface area contributed by atoms with E-state index in [0.717, 1.165) is 48.7 Å². The highest BCUT2D eigenvalue weighted by Crippen LogP contribution is 2.32. The highest BCUT2D eigenvalue weighted by molar-refractivity contribution is 9.10. The lowest BCUT2D eigenvalue weighted by Gasteiger charge is -2.33. The summed E-state index contributed by atoms with van der Waals surface area (Å²) in [4.78, 5) is 19.0. The Bertz CT molecular complexity index is 684. The van der Waals surface area contributed by atoms with Crippen molar-refractivity contribution in [1.82, 2.24) is 15.0 Å². The van der Waals surface area contributed by atoms with Crippen molar-refractivity contribution in [3.63, 3.8) is 0 Å². The van der Waals surface area contributed by atoms with E-state index in [2.05, 4.69) is 33.0 Å². The van der Waals surface area contributed by atoms with E-state index in [1.165, 1.54) is 0 Å². The van der Waals surface area contributed by atoms with Gasteiger partial charge in [0.1, 0.15) is 6.04 Å². The van der Waals surface area contributed by atoms with Crippen LogP contribution in [-0.2, 0) is 4.79 Å². The van der Waals surface area contributed by atoms with Gasteiger partial charge in [-0.25, -0.2) is 0 Å². The number of hydrogen-bond donors (Lipinski definition) is 0. The summed E-state index contributed by atoms with van der Waals surface area (Å²) in [5.74, 6) is 1.33. The van der Waals surface area contributed by atoms with Crippen molar-refractivity contribution in [2.75, 3.05) is 6.54 Å². The van der Waals surface area contributed by atoms with Gasteiger partial charge in [0, 0.05) is 23.0 Å². The van der Waals surface area contributed by atoms with Crippen LogP contribution in [0.4, 0.5) is 0 Å². The van der Waals surface area contributed by atoms with Gasteiger partial charge < -0.3 is 9.42 Å². The summed E-state index contributed by atoms with van der Waals surface area (Å²) in [5.41, 5.74) is 0.910. The quantitative estimate of drug-likeness (QED) is 0.737. The molecule has 128 valence electrons. The molecule has 1 unspecified atom stereocenters. The lowest BCUT2D eigenvalue weighted by molar-refractivity contribution is -0.135. The van der Waals surface area contributed by atoms with Gasteiger partial charge in [-0.05, 0) is 49.9 Å². The zero-order chi connectivity index (χ0) is 16.9. The summed E-state index contributed by atoms with van der Waals surface area (Å²) in [6.45, 7) is 2.88. The van der Waals surface area contributed by atoms with Crippen LogP contribution in [0.5, 0.6) is 0 Å². The van der Waals surface area contributed by atoms with E-state index in [0.29, 0.717) is 18.1 Å². The van der Waals surface area contributed by atoms with Gasteiger partial charge in [-0.15, -0.1) is 0 Å². The summed E-state index contributed by atoms with van der Waals surface area (Å²) in [6.07, 6.45) is 5.56. The molecular weight excluding hydrogens is 370 g/mol. The average Bonchev–Trinajstić information content (AvgIpc) is 3.10. The minimum absolute atomic E-state index is 0.0835. The number of unbranched alkanes of at least 4 members (excludes halogenated alkanes) is 1. The van der Waals surface area contributed by atoms with Crippen LogP contribution in [0.15, 0.2) is 33.3 Å². The summed E-state index contributed by atoms with van der Waals surface area (Å²) in [5, 5.41) is 4.11. The molecule has 1 aliphatic heterocycles. The summed E-state index contributed by atoms with van der Waals surface area (Å²) >= 11 is 3.42. The molecule has 1 aromatic carbocycles. The maximum absolute atomic E-state index is 12.5. The average molecular weight is 392 g/mol. The van der Waals surface area contributed by atoms with E-state index in [4.69, 9.17) is 4.52 Å². The molecule has 0 aliphatic carbocycles. The van der Waals surface area contributed by atoms with E-state index in [9.17, 15) is 4.79 Å². The maximum Gasteiger partial charge on any atom is 0.249 e. The standard InChI is InChI=1S/C18H22BrN3O2/c1-2-3-7-16(23)22-12-5-4-6-15(22)18-20-17(21-24-18)13-8-10-14(19)11-9-13/h8-11,15H,2-7,12H2,1H3. The lowest BCUT2D eigenvalue weighted by Crippen LogP contribution is -2.38. The second kappa shape index (κ2) is 7.92. The van der Waals surface area contributed by atoms with E-state index in [-0.39, 0.29) is 11.9 Å². The van der Waals surface area contributed by atoms with Gasteiger partial charge in [-0.3, -0.25) is 4.79 Å². The second-order valence-corrected chi connectivity index (χ2v) is 7.08. The number of amides is 1. The van der Waals surface area contributed by atoms with Crippen molar-refractivity contribution in [3.8, 4) is 11.4 Å². The smallest absolute Gasteiger partial charge is 0.249 e. The number of aromatic nitrogens is 2. The Labute approximate surface area is 150 Å². The third kappa shape index (κ3) is 3.86. The predicted octanol–water partition coefficient (Wildman–Crippen LogP) is 4.74. The molecule has 0 N–H and O–H groups in total. The third-order valence-corrected chi connectivity index (χ3v) is 4.93. The van der Waals surface area contributed by atoms with Crippen LogP contribution < -0.4 is 0 Å². The number of likely N-dealkylation sites (tertiary alicyclic amines) is 1. The summed E-state index contributed by atoms with van der Waals surface area (Å²) in [6, 6.07) is 7.71. The number of halogens is 1. The highest BCUT2D eigenvalue weighted by atomic mass is 79.9. The van der Waals surface area contributed by atoms with E-state index < -0.39 is 0 Å². The van der Waals surface area contributed by atoms with Crippen molar-refractivity contribution in [3.05, 3.63) is 34.6 Å². The monoisotopic (exact) mass is 391 g/mol. The molecular formula is C18H22BrN3O2. The first-order valence-corrected chi connectivity index (χ1v) is 9.37. The molecule has 1 amide bonds. The van der Waals surface area contributed by atoms with Crippen LogP contribution in [0, 0.1) is 0 Å². The molecule has 0 saturated carbocycles. The minimum atomic E-state index is -0.0835. The normalized spacial score (nSPS) is 17.9. The van der Waals surface area contributed by atoms with Gasteiger partial charge >= 0.3 is 0 Å². The molecule has 1 atom stereocenters. The van der Waals surface area contributed by atoms with Gasteiger partial charge in [0.2, 0.25) is 17.6 Å². The maximum atomic E-state index is 12.5. The van der Waals surface area contributed by atoms with Crippen LogP contribution in [0.3, 0.4) is 0 Å².